The molecule has 0 spiro atoms. The van der Waals surface area contributed by atoms with Gasteiger partial charge in [0.25, 0.3) is 0 Å². The predicted octanol–water partition coefficient (Wildman–Crippen LogP) is 3.04. The van der Waals surface area contributed by atoms with Gasteiger partial charge in [-0.2, -0.15) is 0 Å². The number of benzene rings is 1. The van der Waals surface area contributed by atoms with Gasteiger partial charge in [0.05, 0.1) is 61.5 Å². The average Bonchev–Trinajstić information content (AvgIpc) is 3.61. The number of nitrogens with one attached hydrogen (secondary N) is 1. The molecule has 10 atom stereocenters. The standard InChI is InChI=1S/C33H55N3O6.C6H10O5/c1-10-23(4)31(35(6)29(37)19-22(2)3)27(40-7)20-30(38)36-18-14-17-26(36)32(42-9)24(5)33(39)34-21-28(41-8)25-15-12-11-13-16-25;7-3-1-4(8)5(6(9)10)11-2-3/h11-13,15-16,22-24,26-28,31-32H,10,14,17-21H2,1-9H3,(H,34,39);3-5,7-8H,1-2H2,(H,9,10)/t23-,24?,26-,27+,28+,31?,32?;3?,4?,5-/m00/s1. The molecule has 0 aromatic heterocycles. The maximum Gasteiger partial charge on any atom is 0.335 e. The van der Waals surface area contributed by atoms with Gasteiger partial charge in [-0.05, 0) is 30.2 Å². The first-order chi connectivity index (χ1) is 25.1. The zero-order valence-corrected chi connectivity index (χ0v) is 33.1. The predicted molar refractivity (Wildman–Crippen MR) is 199 cm³/mol. The summed E-state index contributed by atoms with van der Waals surface area (Å²) in [4.78, 5) is 54.0. The number of methoxy groups -OCH3 is 3. The number of hydrogen-bond donors (Lipinski definition) is 4. The van der Waals surface area contributed by atoms with Gasteiger partial charge in [-0.25, -0.2) is 4.79 Å². The number of nitrogens with zero attached hydrogens (tertiary/aromatic N) is 2. The lowest BCUT2D eigenvalue weighted by Crippen LogP contribution is -2.53. The van der Waals surface area contributed by atoms with Gasteiger partial charge >= 0.3 is 5.97 Å². The zero-order valence-electron chi connectivity index (χ0n) is 33.1. The fourth-order valence-electron chi connectivity index (χ4n) is 7.21. The van der Waals surface area contributed by atoms with E-state index in [1.165, 1.54) is 0 Å². The van der Waals surface area contributed by atoms with Crippen LogP contribution >= 0.6 is 0 Å². The number of aliphatic hydroxyl groups excluding tert-OH is 2. The fourth-order valence-corrected chi connectivity index (χ4v) is 7.21. The van der Waals surface area contributed by atoms with E-state index in [1.54, 1.807) is 26.2 Å². The van der Waals surface area contributed by atoms with E-state index in [1.807, 2.05) is 63.1 Å². The Morgan fingerprint density at radius 2 is 1.66 bits per heavy atom. The van der Waals surface area contributed by atoms with Crippen molar-refractivity contribution in [3.8, 4) is 0 Å². The van der Waals surface area contributed by atoms with E-state index in [2.05, 4.69) is 23.9 Å². The number of amides is 3. The number of rotatable bonds is 18. The molecule has 0 bridgehead atoms. The van der Waals surface area contributed by atoms with Crippen LogP contribution in [-0.2, 0) is 38.1 Å². The summed E-state index contributed by atoms with van der Waals surface area (Å²) in [5.41, 5.74) is 0.990. The Morgan fingerprint density at radius 3 is 2.19 bits per heavy atom. The van der Waals surface area contributed by atoms with Gasteiger partial charge in [0.15, 0.2) is 6.10 Å². The molecule has 0 aliphatic carbocycles. The summed E-state index contributed by atoms with van der Waals surface area (Å²) in [6.07, 6.45) is -1.07. The van der Waals surface area contributed by atoms with Crippen LogP contribution in [0.5, 0.6) is 0 Å². The van der Waals surface area contributed by atoms with Gasteiger partial charge < -0.3 is 49.4 Å². The summed E-state index contributed by atoms with van der Waals surface area (Å²) < 4.78 is 22.1. The molecule has 0 radical (unpaired) electrons. The number of aliphatic carboxylic acids is 1. The summed E-state index contributed by atoms with van der Waals surface area (Å²) in [7, 11) is 6.67. The van der Waals surface area contributed by atoms with Crippen molar-refractivity contribution in [1.82, 2.24) is 15.1 Å². The number of likely N-dealkylation sites (N-methyl/N-ethyl adjacent to an activating group) is 1. The van der Waals surface area contributed by atoms with Crippen LogP contribution < -0.4 is 5.32 Å². The van der Waals surface area contributed by atoms with Crippen molar-refractivity contribution in [3.05, 3.63) is 35.9 Å². The van der Waals surface area contributed by atoms with Crippen LogP contribution in [0.4, 0.5) is 0 Å². The summed E-state index contributed by atoms with van der Waals surface area (Å²) in [6, 6.07) is 9.33. The number of aliphatic hydroxyl groups is 2. The summed E-state index contributed by atoms with van der Waals surface area (Å²) >= 11 is 0. The molecule has 2 aliphatic heterocycles. The Hall–Kier alpha value is -3.14. The molecule has 2 fully saturated rings. The quantitative estimate of drug-likeness (QED) is 0.173. The normalized spacial score (nSPS) is 23.5. The number of carboxylic acids is 1. The van der Waals surface area contributed by atoms with E-state index in [-0.39, 0.29) is 67.2 Å². The molecular weight excluding hydrogens is 686 g/mol. The second-order valence-electron chi connectivity index (χ2n) is 14.7. The number of hydrogen-bond acceptors (Lipinski definition) is 10. The van der Waals surface area contributed by atoms with E-state index >= 15 is 0 Å². The average molecular weight is 752 g/mol. The fraction of sp³-hybridized carbons (Fsp3) is 0.744. The minimum atomic E-state index is -1.19. The SMILES string of the molecule is CC[C@H](C)C([C@@H](CC(=O)N1CCC[C@H]1C(OC)C(C)C(=O)NC[C@@H](OC)c1ccccc1)OC)N(C)C(=O)CC(C)C.O=C(O)[C@H]1OCC(O)CC1O. The van der Waals surface area contributed by atoms with Crippen molar-refractivity contribution in [2.24, 2.45) is 17.8 Å². The largest absolute Gasteiger partial charge is 0.479 e. The van der Waals surface area contributed by atoms with Gasteiger partial charge in [0.1, 0.15) is 0 Å². The number of ether oxygens (including phenoxy) is 4. The first kappa shape index (κ1) is 46.0. The molecular formula is C39H65N3O11. The molecule has 302 valence electrons. The van der Waals surface area contributed by atoms with Crippen molar-refractivity contribution in [1.29, 1.82) is 0 Å². The third-order valence-corrected chi connectivity index (χ3v) is 10.4. The minimum Gasteiger partial charge on any atom is -0.479 e. The number of carbonyl (C=O) groups is 4. The Bertz CT molecular complexity index is 1270. The molecule has 4 N–H and O–H groups in total. The molecule has 5 unspecified atom stereocenters. The van der Waals surface area contributed by atoms with Gasteiger partial charge in [0, 0.05) is 54.3 Å². The molecule has 1 aromatic carbocycles. The van der Waals surface area contributed by atoms with Crippen LogP contribution in [0.1, 0.15) is 84.8 Å². The zero-order chi connectivity index (χ0) is 39.8. The van der Waals surface area contributed by atoms with Gasteiger partial charge in [-0.1, -0.05) is 71.4 Å². The van der Waals surface area contributed by atoms with E-state index in [0.29, 0.717) is 19.5 Å². The van der Waals surface area contributed by atoms with E-state index in [0.717, 1.165) is 24.8 Å². The third-order valence-electron chi connectivity index (χ3n) is 10.4. The first-order valence-electron chi connectivity index (χ1n) is 18.8. The summed E-state index contributed by atoms with van der Waals surface area (Å²) in [5.74, 6) is -1.39. The molecule has 2 saturated heterocycles. The molecule has 0 saturated carbocycles. The van der Waals surface area contributed by atoms with Crippen LogP contribution in [0.2, 0.25) is 0 Å². The molecule has 53 heavy (non-hydrogen) atoms. The van der Waals surface area contributed by atoms with Crippen molar-refractivity contribution in [3.63, 3.8) is 0 Å². The minimum absolute atomic E-state index is 0.0198. The van der Waals surface area contributed by atoms with E-state index in [4.69, 9.17) is 29.5 Å². The molecule has 2 heterocycles. The second kappa shape index (κ2) is 22.9. The Labute approximate surface area is 315 Å². The number of carbonyl (C=O) groups excluding carboxylic acids is 3. The van der Waals surface area contributed by atoms with Crippen molar-refractivity contribution < 1.29 is 53.4 Å². The Kier molecular flexibility index (Phi) is 19.9. The highest BCUT2D eigenvalue weighted by Gasteiger charge is 2.42. The van der Waals surface area contributed by atoms with Crippen molar-refractivity contribution in [2.75, 3.05) is 48.1 Å². The molecule has 14 heteroatoms. The Morgan fingerprint density at radius 1 is 1.00 bits per heavy atom. The van der Waals surface area contributed by atoms with Crippen LogP contribution in [0, 0.1) is 17.8 Å². The lowest BCUT2D eigenvalue weighted by atomic mass is 9.90. The molecule has 2 aliphatic rings. The highest BCUT2D eigenvalue weighted by Crippen LogP contribution is 2.29. The van der Waals surface area contributed by atoms with Crippen LogP contribution in [0.3, 0.4) is 0 Å². The van der Waals surface area contributed by atoms with Crippen LogP contribution in [0.15, 0.2) is 30.3 Å². The lowest BCUT2D eigenvalue weighted by molar-refractivity contribution is -0.173. The molecule has 1 aromatic rings. The topological polar surface area (TPSA) is 184 Å². The number of carboxylic acid groups (broad SMARTS) is 1. The first-order valence-corrected chi connectivity index (χ1v) is 18.8. The van der Waals surface area contributed by atoms with Gasteiger partial charge in [-0.15, -0.1) is 0 Å². The summed E-state index contributed by atoms with van der Waals surface area (Å²) in [5, 5.41) is 29.4. The van der Waals surface area contributed by atoms with Gasteiger partial charge in [0.2, 0.25) is 17.7 Å². The lowest BCUT2D eigenvalue weighted by Gasteiger charge is -2.39. The maximum atomic E-state index is 13.8. The maximum absolute atomic E-state index is 13.8. The monoisotopic (exact) mass is 751 g/mol. The van der Waals surface area contributed by atoms with E-state index in [9.17, 15) is 19.2 Å². The van der Waals surface area contributed by atoms with Crippen molar-refractivity contribution in [2.45, 2.75) is 122 Å². The second-order valence-corrected chi connectivity index (χ2v) is 14.7. The van der Waals surface area contributed by atoms with E-state index < -0.39 is 42.4 Å². The summed E-state index contributed by atoms with van der Waals surface area (Å²) in [6.45, 7) is 11.0. The highest BCUT2D eigenvalue weighted by atomic mass is 16.5. The van der Waals surface area contributed by atoms with Crippen molar-refractivity contribution >= 4 is 23.7 Å². The highest BCUT2D eigenvalue weighted by molar-refractivity contribution is 5.80. The number of likely N-dealkylation sites (tertiary alicyclic amines) is 1. The van der Waals surface area contributed by atoms with Crippen LogP contribution in [0.25, 0.3) is 0 Å². The molecule has 14 nitrogen and oxygen atoms in total. The Balaban J connectivity index is 0.000000751. The third kappa shape index (κ3) is 13.6. The molecule has 3 rings (SSSR count). The smallest absolute Gasteiger partial charge is 0.335 e. The molecule has 3 amide bonds. The van der Waals surface area contributed by atoms with Gasteiger partial charge in [-0.3, -0.25) is 14.4 Å². The van der Waals surface area contributed by atoms with Crippen LogP contribution in [-0.4, -0.2) is 139 Å².